The van der Waals surface area contributed by atoms with Gasteiger partial charge in [-0.15, -0.1) is 0 Å². The molecule has 110 valence electrons. The van der Waals surface area contributed by atoms with Gasteiger partial charge in [0, 0.05) is 13.1 Å². The van der Waals surface area contributed by atoms with Gasteiger partial charge < -0.3 is 24.6 Å². The third kappa shape index (κ3) is 4.23. The van der Waals surface area contributed by atoms with Crippen LogP contribution >= 0.6 is 0 Å². The van der Waals surface area contributed by atoms with Crippen LogP contribution in [-0.2, 0) is 4.74 Å². The predicted octanol–water partition coefficient (Wildman–Crippen LogP) is 1.63. The molecule has 0 amide bonds. The summed E-state index contributed by atoms with van der Waals surface area (Å²) in [5, 5.41) is 13.2. The molecule has 0 bridgehead atoms. The van der Waals surface area contributed by atoms with Crippen molar-refractivity contribution in [3.05, 3.63) is 35.9 Å². The van der Waals surface area contributed by atoms with Crippen molar-refractivity contribution >= 4 is 0 Å². The Hall–Kier alpha value is -1.56. The molecule has 1 aliphatic heterocycles. The lowest BCUT2D eigenvalue weighted by Gasteiger charge is -2.13. The quantitative estimate of drug-likeness (QED) is 0.559. The highest BCUT2D eigenvalue weighted by atomic mass is 16.7. The van der Waals surface area contributed by atoms with Gasteiger partial charge in [0.05, 0.1) is 19.3 Å². The highest BCUT2D eigenvalue weighted by Crippen LogP contribution is 2.33. The molecule has 0 saturated heterocycles. The molecule has 20 heavy (non-hydrogen) atoms. The summed E-state index contributed by atoms with van der Waals surface area (Å²) < 4.78 is 15.9. The zero-order valence-electron chi connectivity index (χ0n) is 11.7. The second-order valence-corrected chi connectivity index (χ2v) is 4.84. The van der Waals surface area contributed by atoms with E-state index in [9.17, 15) is 5.11 Å². The van der Waals surface area contributed by atoms with Gasteiger partial charge in [-0.2, -0.15) is 0 Å². The Bertz CT molecular complexity index is 461. The molecule has 5 nitrogen and oxygen atoms in total. The Balaban J connectivity index is 1.69. The molecule has 1 aromatic carbocycles. The molecule has 0 radical (unpaired) electrons. The van der Waals surface area contributed by atoms with Crippen molar-refractivity contribution in [2.75, 3.05) is 33.1 Å². The monoisotopic (exact) mass is 279 g/mol. The van der Waals surface area contributed by atoms with Crippen LogP contribution in [0.15, 0.2) is 30.4 Å². The fraction of sp³-hybridized carbons (Fsp3) is 0.467. The third-order valence-electron chi connectivity index (χ3n) is 2.89. The van der Waals surface area contributed by atoms with Crippen molar-refractivity contribution in [1.29, 1.82) is 0 Å². The Morgan fingerprint density at radius 2 is 2.25 bits per heavy atom. The lowest BCUT2D eigenvalue weighted by Crippen LogP contribution is -2.25. The van der Waals surface area contributed by atoms with Crippen LogP contribution in [-0.4, -0.2) is 38.2 Å². The largest absolute Gasteiger partial charge is 0.454 e. The van der Waals surface area contributed by atoms with E-state index in [1.807, 2.05) is 25.1 Å². The molecule has 0 fully saturated rings. The number of rotatable bonds is 8. The maximum Gasteiger partial charge on any atom is 0.231 e. The first-order valence-corrected chi connectivity index (χ1v) is 6.67. The van der Waals surface area contributed by atoms with Gasteiger partial charge >= 0.3 is 0 Å². The zero-order chi connectivity index (χ0) is 14.4. The molecule has 2 N–H and O–H groups in total. The highest BCUT2D eigenvalue weighted by molar-refractivity contribution is 5.45. The molecule has 1 unspecified atom stereocenters. The fourth-order valence-corrected chi connectivity index (χ4v) is 1.87. The summed E-state index contributed by atoms with van der Waals surface area (Å²) in [4.78, 5) is 0. The van der Waals surface area contributed by atoms with E-state index in [-0.39, 0.29) is 6.79 Å². The maximum absolute atomic E-state index is 10.1. The Labute approximate surface area is 119 Å². The maximum atomic E-state index is 10.1. The smallest absolute Gasteiger partial charge is 0.231 e. The van der Waals surface area contributed by atoms with E-state index in [4.69, 9.17) is 14.2 Å². The van der Waals surface area contributed by atoms with Crippen LogP contribution in [0.5, 0.6) is 11.5 Å². The molecule has 0 saturated carbocycles. The SMILES string of the molecule is C=C(C)COCCNCC(O)c1ccc2c(c1)OCO2. The predicted molar refractivity (Wildman–Crippen MR) is 76.0 cm³/mol. The second-order valence-electron chi connectivity index (χ2n) is 4.84. The Kier molecular flexibility index (Phi) is 5.40. The fourth-order valence-electron chi connectivity index (χ4n) is 1.87. The summed E-state index contributed by atoms with van der Waals surface area (Å²) in [6, 6.07) is 5.47. The number of aliphatic hydroxyl groups is 1. The minimum absolute atomic E-state index is 0.243. The summed E-state index contributed by atoms with van der Waals surface area (Å²) in [6.07, 6.45) is -0.578. The third-order valence-corrected chi connectivity index (χ3v) is 2.89. The van der Waals surface area contributed by atoms with Crippen LogP contribution in [0.4, 0.5) is 0 Å². The van der Waals surface area contributed by atoms with Gasteiger partial charge in [-0.25, -0.2) is 0 Å². The molecule has 0 spiro atoms. The number of benzene rings is 1. The molecule has 1 heterocycles. The minimum Gasteiger partial charge on any atom is -0.454 e. The Morgan fingerprint density at radius 3 is 3.05 bits per heavy atom. The van der Waals surface area contributed by atoms with Crippen LogP contribution in [0.25, 0.3) is 0 Å². The summed E-state index contributed by atoms with van der Waals surface area (Å²) in [5.74, 6) is 1.41. The van der Waals surface area contributed by atoms with Gasteiger partial charge in [-0.1, -0.05) is 18.2 Å². The normalized spacial score (nSPS) is 14.3. The van der Waals surface area contributed by atoms with Gasteiger partial charge in [0.1, 0.15) is 0 Å². The average Bonchev–Trinajstić information content (AvgIpc) is 2.89. The van der Waals surface area contributed by atoms with Crippen LogP contribution in [0.3, 0.4) is 0 Å². The molecule has 1 aliphatic rings. The molecular formula is C15H21NO4. The van der Waals surface area contributed by atoms with Gasteiger partial charge in [0.2, 0.25) is 6.79 Å². The summed E-state index contributed by atoms with van der Waals surface area (Å²) in [5.41, 5.74) is 1.81. The number of nitrogens with one attached hydrogen (secondary N) is 1. The first-order chi connectivity index (χ1) is 9.66. The van der Waals surface area contributed by atoms with E-state index in [0.717, 1.165) is 16.9 Å². The minimum atomic E-state index is -0.578. The highest BCUT2D eigenvalue weighted by Gasteiger charge is 2.16. The number of hydrogen-bond acceptors (Lipinski definition) is 5. The van der Waals surface area contributed by atoms with Gasteiger partial charge in [-0.05, 0) is 24.6 Å². The molecule has 1 atom stereocenters. The second kappa shape index (κ2) is 7.28. The van der Waals surface area contributed by atoms with Crippen LogP contribution in [0, 0.1) is 0 Å². The van der Waals surface area contributed by atoms with Crippen LogP contribution in [0.1, 0.15) is 18.6 Å². The van der Waals surface area contributed by atoms with Crippen molar-refractivity contribution in [2.45, 2.75) is 13.0 Å². The standard InChI is InChI=1S/C15H21NO4/c1-11(2)9-18-6-5-16-8-13(17)12-3-4-14-15(7-12)20-10-19-14/h3-4,7,13,16-17H,1,5-6,8-10H2,2H3. The van der Waals surface area contributed by atoms with Gasteiger partial charge in [-0.3, -0.25) is 0 Å². The molecule has 0 aromatic heterocycles. The molecule has 2 rings (SSSR count). The zero-order valence-corrected chi connectivity index (χ0v) is 11.7. The van der Waals surface area contributed by atoms with E-state index >= 15 is 0 Å². The van der Waals surface area contributed by atoms with Gasteiger partial charge in [0.15, 0.2) is 11.5 Å². The van der Waals surface area contributed by atoms with E-state index < -0.39 is 6.10 Å². The van der Waals surface area contributed by atoms with Crippen LogP contribution in [0.2, 0.25) is 0 Å². The van der Waals surface area contributed by atoms with Crippen molar-refractivity contribution < 1.29 is 19.3 Å². The number of ether oxygens (including phenoxy) is 3. The van der Waals surface area contributed by atoms with E-state index in [1.165, 1.54) is 0 Å². The van der Waals surface area contributed by atoms with E-state index in [0.29, 0.717) is 32.1 Å². The van der Waals surface area contributed by atoms with E-state index in [2.05, 4.69) is 11.9 Å². The van der Waals surface area contributed by atoms with Gasteiger partial charge in [0.25, 0.3) is 0 Å². The first-order valence-electron chi connectivity index (χ1n) is 6.67. The number of fused-ring (bicyclic) bond motifs is 1. The molecule has 0 aliphatic carbocycles. The first kappa shape index (κ1) is 14.8. The van der Waals surface area contributed by atoms with Crippen molar-refractivity contribution in [3.8, 4) is 11.5 Å². The molecule has 5 heteroatoms. The van der Waals surface area contributed by atoms with Crippen molar-refractivity contribution in [2.24, 2.45) is 0 Å². The molecule has 1 aromatic rings. The lowest BCUT2D eigenvalue weighted by atomic mass is 10.1. The lowest BCUT2D eigenvalue weighted by molar-refractivity contribution is 0.143. The number of aliphatic hydroxyl groups excluding tert-OH is 1. The van der Waals surface area contributed by atoms with Crippen LogP contribution < -0.4 is 14.8 Å². The number of hydrogen-bond donors (Lipinski definition) is 2. The topological polar surface area (TPSA) is 60.0 Å². The van der Waals surface area contributed by atoms with Crippen molar-refractivity contribution in [1.82, 2.24) is 5.32 Å². The summed E-state index contributed by atoms with van der Waals surface area (Å²) >= 11 is 0. The summed E-state index contributed by atoms with van der Waals surface area (Å²) in [7, 11) is 0. The van der Waals surface area contributed by atoms with Crippen molar-refractivity contribution in [3.63, 3.8) is 0 Å². The summed E-state index contributed by atoms with van der Waals surface area (Å²) in [6.45, 7) is 8.26. The van der Waals surface area contributed by atoms with E-state index in [1.54, 1.807) is 0 Å². The Morgan fingerprint density at radius 1 is 1.45 bits per heavy atom. The average molecular weight is 279 g/mol. The molecular weight excluding hydrogens is 258 g/mol.